The number of amides is 1. The van der Waals surface area contributed by atoms with Gasteiger partial charge in [0.25, 0.3) is 10.0 Å². The molecule has 0 fully saturated rings. The minimum atomic E-state index is -3.88. The average molecular weight is 625 g/mol. The molecule has 1 heterocycles. The number of thioether (sulfide) groups is 1. The molecule has 0 bridgehead atoms. The first-order valence-electron chi connectivity index (χ1n) is 12.2. The maximum absolute atomic E-state index is 12.5. The van der Waals surface area contributed by atoms with Gasteiger partial charge >= 0.3 is 5.97 Å². The van der Waals surface area contributed by atoms with E-state index < -0.39 is 27.9 Å². The number of sulfonamides is 1. The molecule has 0 aliphatic rings. The number of benzene rings is 2. The summed E-state index contributed by atoms with van der Waals surface area (Å²) >= 11 is 2.41. The molecule has 1 atom stereocenters. The number of ether oxygens (including phenoxy) is 3. The first-order chi connectivity index (χ1) is 19.6. The zero-order chi connectivity index (χ0) is 29.8. The van der Waals surface area contributed by atoms with Gasteiger partial charge in [-0.15, -0.1) is 11.3 Å². The van der Waals surface area contributed by atoms with E-state index >= 15 is 0 Å². The molecule has 0 saturated heterocycles. The van der Waals surface area contributed by atoms with Gasteiger partial charge in [-0.3, -0.25) is 4.79 Å². The second-order valence-electron chi connectivity index (χ2n) is 8.47. The molecule has 222 valence electrons. The van der Waals surface area contributed by atoms with E-state index in [0.29, 0.717) is 46.4 Å². The van der Waals surface area contributed by atoms with Crippen molar-refractivity contribution >= 4 is 55.2 Å². The fourth-order valence-electron chi connectivity index (χ4n) is 3.38. The van der Waals surface area contributed by atoms with Gasteiger partial charge in [-0.1, -0.05) is 12.1 Å². The number of fused-ring (bicyclic) bond motifs is 1. The number of aromatic nitrogens is 1. The number of carbonyl (C=O) groups excluding carboxylic acids is 2. The molecule has 2 aromatic carbocycles. The maximum Gasteiger partial charge on any atom is 0.329 e. The minimum Gasteiger partial charge on any atom is -0.492 e. The van der Waals surface area contributed by atoms with Gasteiger partial charge in [-0.05, 0) is 42.0 Å². The number of primary sulfonamides is 1. The zero-order valence-electron chi connectivity index (χ0n) is 22.2. The number of nitrogens with zero attached hydrogens (tertiary/aromatic N) is 2. The van der Waals surface area contributed by atoms with Crippen molar-refractivity contribution < 1.29 is 32.2 Å². The number of hydrogen-bond donors (Lipinski definition) is 4. The number of hydrazine groups is 1. The molecule has 3 rings (SSSR count). The Morgan fingerprint density at radius 1 is 1.20 bits per heavy atom. The van der Waals surface area contributed by atoms with Crippen LogP contribution in [0.4, 0.5) is 0 Å². The van der Waals surface area contributed by atoms with Crippen molar-refractivity contribution in [1.29, 1.82) is 0 Å². The summed E-state index contributed by atoms with van der Waals surface area (Å²) in [7, 11) is -2.63. The number of esters is 1. The van der Waals surface area contributed by atoms with Crippen molar-refractivity contribution in [2.75, 3.05) is 39.2 Å². The van der Waals surface area contributed by atoms with Gasteiger partial charge in [-0.25, -0.2) is 29.2 Å². The molecule has 0 spiro atoms. The van der Waals surface area contributed by atoms with Crippen molar-refractivity contribution in [1.82, 2.24) is 15.3 Å². The maximum atomic E-state index is 12.5. The van der Waals surface area contributed by atoms with Crippen LogP contribution in [0.25, 0.3) is 10.2 Å². The van der Waals surface area contributed by atoms with Crippen LogP contribution in [0.1, 0.15) is 5.56 Å². The number of carbonyl (C=O) groups is 2. The topological polar surface area (TPSA) is 202 Å². The Hall–Kier alpha value is -3.41. The molecule has 3 aromatic rings. The van der Waals surface area contributed by atoms with E-state index in [1.54, 1.807) is 24.3 Å². The van der Waals surface area contributed by atoms with Gasteiger partial charge in [0.2, 0.25) is 10.2 Å². The van der Waals surface area contributed by atoms with E-state index in [1.807, 2.05) is 24.3 Å². The summed E-state index contributed by atoms with van der Waals surface area (Å²) in [5.74, 6) is 6.96. The molecule has 0 radical (unpaired) electrons. The molecule has 16 heteroatoms. The average Bonchev–Trinajstić information content (AvgIpc) is 3.38. The van der Waals surface area contributed by atoms with Gasteiger partial charge in [0, 0.05) is 24.3 Å². The molecule has 1 unspecified atom stereocenters. The van der Waals surface area contributed by atoms with Gasteiger partial charge in [0.1, 0.15) is 37.3 Å². The third-order valence-electron chi connectivity index (χ3n) is 5.21. The second-order valence-corrected chi connectivity index (χ2v) is 12.3. The Bertz CT molecular complexity index is 1460. The molecular weight excluding hydrogens is 593 g/mol. The van der Waals surface area contributed by atoms with E-state index in [2.05, 4.69) is 10.3 Å². The van der Waals surface area contributed by atoms with Crippen LogP contribution in [0.15, 0.2) is 59.1 Å². The Balaban J connectivity index is 1.44. The predicted octanol–water partition coefficient (Wildman–Crippen LogP) is 0.941. The predicted molar refractivity (Wildman–Crippen MR) is 158 cm³/mol. The van der Waals surface area contributed by atoms with Gasteiger partial charge < -0.3 is 30.3 Å². The summed E-state index contributed by atoms with van der Waals surface area (Å²) < 4.78 is 39.4. The van der Waals surface area contributed by atoms with Crippen molar-refractivity contribution in [2.24, 2.45) is 16.7 Å². The van der Waals surface area contributed by atoms with E-state index in [9.17, 15) is 18.0 Å². The molecule has 1 aromatic heterocycles. The highest BCUT2D eigenvalue weighted by Crippen LogP contribution is 2.28. The van der Waals surface area contributed by atoms with E-state index in [4.69, 9.17) is 30.9 Å². The van der Waals surface area contributed by atoms with Gasteiger partial charge in [0.05, 0.1) is 17.3 Å². The van der Waals surface area contributed by atoms with Crippen LogP contribution in [0.3, 0.4) is 0 Å². The van der Waals surface area contributed by atoms with Crippen LogP contribution in [0, 0.1) is 0 Å². The summed E-state index contributed by atoms with van der Waals surface area (Å²) in [4.78, 5) is 28.7. The Morgan fingerprint density at radius 2 is 1.98 bits per heavy atom. The second kappa shape index (κ2) is 15.6. The number of nitrogens with one attached hydrogen (secondary N) is 1. The Labute approximate surface area is 246 Å². The summed E-state index contributed by atoms with van der Waals surface area (Å²) in [6.07, 6.45) is 3.06. The van der Waals surface area contributed by atoms with Crippen LogP contribution in [0.5, 0.6) is 11.5 Å². The lowest BCUT2D eigenvalue weighted by Crippen LogP contribution is -2.47. The van der Waals surface area contributed by atoms with Crippen molar-refractivity contribution in [2.45, 2.75) is 16.1 Å². The van der Waals surface area contributed by atoms with Crippen LogP contribution in [0.2, 0.25) is 0 Å². The lowest BCUT2D eigenvalue weighted by Gasteiger charge is -2.19. The van der Waals surface area contributed by atoms with Crippen LogP contribution in [-0.2, 0) is 30.1 Å². The van der Waals surface area contributed by atoms with Crippen LogP contribution in [-0.4, -0.2) is 75.5 Å². The zero-order valence-corrected chi connectivity index (χ0v) is 24.7. The summed E-state index contributed by atoms with van der Waals surface area (Å²) in [5.41, 5.74) is 6.96. The quantitative estimate of drug-likeness (QED) is 0.0999. The molecule has 13 nitrogen and oxygen atoms in total. The molecular formula is C25H32N6O7S3. The molecule has 0 aliphatic heterocycles. The Kier molecular flexibility index (Phi) is 12.2. The molecule has 7 N–H and O–H groups in total. The largest absolute Gasteiger partial charge is 0.492 e. The fraction of sp³-hybridized carbons (Fsp3) is 0.320. The fourth-order valence-corrected chi connectivity index (χ4v) is 6.06. The molecule has 0 saturated carbocycles. The number of methoxy groups -OCH3 is 1. The highest BCUT2D eigenvalue weighted by atomic mass is 32.2. The summed E-state index contributed by atoms with van der Waals surface area (Å²) in [6.45, 7) is 0.755. The van der Waals surface area contributed by atoms with Crippen LogP contribution >= 0.6 is 23.1 Å². The first-order valence-corrected chi connectivity index (χ1v) is 15.7. The highest BCUT2D eigenvalue weighted by Gasteiger charge is 2.22. The summed E-state index contributed by atoms with van der Waals surface area (Å²) in [6, 6.07) is 11.6. The van der Waals surface area contributed by atoms with E-state index in [1.165, 1.54) is 25.1 Å². The van der Waals surface area contributed by atoms with Crippen LogP contribution < -0.4 is 31.5 Å². The van der Waals surface area contributed by atoms with Crippen molar-refractivity contribution in [3.8, 4) is 11.5 Å². The third-order valence-corrected chi connectivity index (χ3v) is 8.66. The molecule has 41 heavy (non-hydrogen) atoms. The van der Waals surface area contributed by atoms with Gasteiger partial charge in [-0.2, -0.15) is 11.8 Å². The molecule has 1 amide bonds. The number of thiazole rings is 1. The van der Waals surface area contributed by atoms with E-state index in [0.717, 1.165) is 21.9 Å². The monoisotopic (exact) mass is 624 g/mol. The number of rotatable bonds is 16. The molecule has 0 aliphatic carbocycles. The smallest absolute Gasteiger partial charge is 0.329 e. The summed E-state index contributed by atoms with van der Waals surface area (Å²) in [5, 5.41) is 8.94. The van der Waals surface area contributed by atoms with Gasteiger partial charge in [0.15, 0.2) is 0 Å². The minimum absolute atomic E-state index is 0.127. The van der Waals surface area contributed by atoms with Crippen molar-refractivity contribution in [3.63, 3.8) is 0 Å². The van der Waals surface area contributed by atoms with Crippen molar-refractivity contribution in [3.05, 3.63) is 60.3 Å². The number of nitrogens with two attached hydrogens (primary N) is 3. The normalized spacial score (nSPS) is 12.3. The lowest BCUT2D eigenvalue weighted by atomic mass is 10.2. The SMILES string of the molecule is COC(=O)C(CSCc1cccc(OCCN)c1)NC(=O)CN(N)/C=C/COc1ccc2nc(S(N)(=O)=O)sc2c1. The lowest BCUT2D eigenvalue weighted by molar-refractivity contribution is -0.144. The van der Waals surface area contributed by atoms with E-state index in [-0.39, 0.29) is 17.5 Å². The standard InChI is InChI=1S/C25H32N6O7S3/c1-36-24(33)21(16-39-15-17-4-2-5-18(12-17)38-11-8-26)29-23(32)14-31(27)9-3-10-37-19-6-7-20-22(13-19)40-25(30-20)41(28,34)35/h2-7,9,12-13,21H,8,10-11,14-16,26-27H2,1H3,(H,29,32)(H2,28,34,35)/b9-3+. The Morgan fingerprint density at radius 3 is 2.71 bits per heavy atom. The highest BCUT2D eigenvalue weighted by molar-refractivity contribution is 7.98. The number of hydrogen-bond acceptors (Lipinski definition) is 13. The third kappa shape index (κ3) is 10.5. The first kappa shape index (κ1) is 32.1.